The SMILES string of the molecule is COc1ncnc(NC(C)Cc2ccc(C)s2)c1[N+](=O)[O-]. The molecular formula is C13H16N4O3S. The average Bonchev–Trinajstić information content (AvgIpc) is 2.83. The number of methoxy groups -OCH3 is 1. The van der Waals surface area contributed by atoms with Crippen LogP contribution in [0.2, 0.25) is 0 Å². The third kappa shape index (κ3) is 3.66. The molecule has 0 aliphatic carbocycles. The van der Waals surface area contributed by atoms with E-state index in [1.807, 2.05) is 13.8 Å². The van der Waals surface area contributed by atoms with Gasteiger partial charge in [-0.1, -0.05) is 0 Å². The van der Waals surface area contributed by atoms with E-state index in [1.165, 1.54) is 23.2 Å². The number of thiophene rings is 1. The first kappa shape index (κ1) is 15.2. The Morgan fingerprint density at radius 1 is 1.48 bits per heavy atom. The molecule has 1 atom stereocenters. The second-order valence-electron chi connectivity index (χ2n) is 4.60. The molecular weight excluding hydrogens is 292 g/mol. The molecule has 0 saturated heterocycles. The third-order valence-electron chi connectivity index (χ3n) is 2.85. The summed E-state index contributed by atoms with van der Waals surface area (Å²) in [6.07, 6.45) is 2.01. The fourth-order valence-electron chi connectivity index (χ4n) is 1.96. The van der Waals surface area contributed by atoms with Crippen LogP contribution in [0, 0.1) is 17.0 Å². The van der Waals surface area contributed by atoms with E-state index in [1.54, 1.807) is 11.3 Å². The Morgan fingerprint density at radius 3 is 2.81 bits per heavy atom. The first-order valence-electron chi connectivity index (χ1n) is 6.36. The van der Waals surface area contributed by atoms with Gasteiger partial charge in [0.1, 0.15) is 6.33 Å². The lowest BCUT2D eigenvalue weighted by Gasteiger charge is -2.14. The highest BCUT2D eigenvalue weighted by atomic mass is 32.1. The van der Waals surface area contributed by atoms with Gasteiger partial charge in [0.05, 0.1) is 12.0 Å². The summed E-state index contributed by atoms with van der Waals surface area (Å²) in [6.45, 7) is 4.00. The summed E-state index contributed by atoms with van der Waals surface area (Å²) < 4.78 is 4.92. The molecule has 1 N–H and O–H groups in total. The van der Waals surface area contributed by atoms with Gasteiger partial charge in [-0.3, -0.25) is 10.1 Å². The van der Waals surface area contributed by atoms with Crippen LogP contribution in [-0.2, 0) is 6.42 Å². The predicted octanol–water partition coefficient (Wildman–Crippen LogP) is 2.81. The number of anilines is 1. The fourth-order valence-corrected chi connectivity index (χ4v) is 2.98. The van der Waals surface area contributed by atoms with E-state index in [0.29, 0.717) is 0 Å². The minimum Gasteiger partial charge on any atom is -0.476 e. The van der Waals surface area contributed by atoms with E-state index < -0.39 is 4.92 Å². The highest BCUT2D eigenvalue weighted by Gasteiger charge is 2.24. The minimum absolute atomic E-state index is 0.00126. The average molecular weight is 308 g/mol. The molecule has 2 rings (SSSR count). The van der Waals surface area contributed by atoms with E-state index in [-0.39, 0.29) is 23.4 Å². The van der Waals surface area contributed by atoms with Gasteiger partial charge in [0.15, 0.2) is 0 Å². The summed E-state index contributed by atoms with van der Waals surface area (Å²) in [5.41, 5.74) is -0.241. The molecule has 0 radical (unpaired) electrons. The molecule has 1 unspecified atom stereocenters. The van der Waals surface area contributed by atoms with Gasteiger partial charge >= 0.3 is 5.69 Å². The molecule has 0 aliphatic rings. The summed E-state index contributed by atoms with van der Waals surface area (Å²) in [4.78, 5) is 20.8. The molecule has 0 saturated carbocycles. The van der Waals surface area contributed by atoms with Crippen molar-refractivity contribution in [2.75, 3.05) is 12.4 Å². The van der Waals surface area contributed by atoms with Crippen molar-refractivity contribution in [2.24, 2.45) is 0 Å². The number of nitrogens with one attached hydrogen (secondary N) is 1. The van der Waals surface area contributed by atoms with Crippen molar-refractivity contribution in [3.63, 3.8) is 0 Å². The van der Waals surface area contributed by atoms with Crippen molar-refractivity contribution < 1.29 is 9.66 Å². The van der Waals surface area contributed by atoms with Crippen LogP contribution in [0.15, 0.2) is 18.5 Å². The molecule has 0 spiro atoms. The Hall–Kier alpha value is -2.22. The van der Waals surface area contributed by atoms with Crippen LogP contribution in [0.1, 0.15) is 16.7 Å². The number of nitro groups is 1. The lowest BCUT2D eigenvalue weighted by atomic mass is 10.2. The highest BCUT2D eigenvalue weighted by Crippen LogP contribution is 2.31. The third-order valence-corrected chi connectivity index (χ3v) is 3.87. The monoisotopic (exact) mass is 308 g/mol. The lowest BCUT2D eigenvalue weighted by molar-refractivity contribution is -0.385. The molecule has 0 aliphatic heterocycles. The molecule has 112 valence electrons. The van der Waals surface area contributed by atoms with E-state index >= 15 is 0 Å². The Kier molecular flexibility index (Phi) is 4.69. The number of hydrogen-bond acceptors (Lipinski definition) is 7. The maximum atomic E-state index is 11.2. The molecule has 0 fully saturated rings. The van der Waals surface area contributed by atoms with Gasteiger partial charge in [-0.05, 0) is 26.0 Å². The van der Waals surface area contributed by atoms with Crippen molar-refractivity contribution in [3.8, 4) is 5.88 Å². The molecule has 8 heteroatoms. The topological polar surface area (TPSA) is 90.2 Å². The van der Waals surface area contributed by atoms with Crippen LogP contribution in [0.5, 0.6) is 5.88 Å². The van der Waals surface area contributed by atoms with Gasteiger partial charge in [0, 0.05) is 22.2 Å². The molecule has 0 amide bonds. The van der Waals surface area contributed by atoms with Crippen molar-refractivity contribution in [1.29, 1.82) is 0 Å². The van der Waals surface area contributed by atoms with E-state index in [0.717, 1.165) is 6.42 Å². The first-order chi connectivity index (χ1) is 10.0. The second kappa shape index (κ2) is 6.49. The van der Waals surface area contributed by atoms with E-state index in [4.69, 9.17) is 4.74 Å². The normalized spacial score (nSPS) is 12.0. The first-order valence-corrected chi connectivity index (χ1v) is 7.18. The molecule has 0 aromatic carbocycles. The van der Waals surface area contributed by atoms with Gasteiger partial charge in [-0.25, -0.2) is 4.98 Å². The summed E-state index contributed by atoms with van der Waals surface area (Å²) in [6, 6.07) is 4.12. The number of hydrogen-bond donors (Lipinski definition) is 1. The lowest BCUT2D eigenvalue weighted by Crippen LogP contribution is -2.19. The van der Waals surface area contributed by atoms with Crippen LogP contribution in [0.25, 0.3) is 0 Å². The Bertz CT molecular complexity index is 644. The maximum Gasteiger partial charge on any atom is 0.372 e. The van der Waals surface area contributed by atoms with Crippen molar-refractivity contribution >= 4 is 22.8 Å². The van der Waals surface area contributed by atoms with Gasteiger partial charge in [-0.15, -0.1) is 11.3 Å². The van der Waals surface area contributed by atoms with Crippen LogP contribution < -0.4 is 10.1 Å². The van der Waals surface area contributed by atoms with Crippen LogP contribution in [-0.4, -0.2) is 28.0 Å². The molecule has 0 bridgehead atoms. The summed E-state index contributed by atoms with van der Waals surface area (Å²) in [7, 11) is 1.34. The van der Waals surface area contributed by atoms with Crippen molar-refractivity contribution in [2.45, 2.75) is 26.3 Å². The summed E-state index contributed by atoms with van der Waals surface area (Å²) in [5, 5.41) is 14.2. The standard InChI is InChI=1S/C13H16N4O3S/c1-8(6-10-5-4-9(2)21-10)16-12-11(17(18)19)13(20-3)15-7-14-12/h4-5,7-8H,6H2,1-3H3,(H,14,15,16). The zero-order valence-corrected chi connectivity index (χ0v) is 12.8. The fraction of sp³-hybridized carbons (Fsp3) is 0.385. The maximum absolute atomic E-state index is 11.2. The molecule has 2 heterocycles. The van der Waals surface area contributed by atoms with E-state index in [9.17, 15) is 10.1 Å². The van der Waals surface area contributed by atoms with Crippen LogP contribution >= 0.6 is 11.3 Å². The predicted molar refractivity (Wildman–Crippen MR) is 81.1 cm³/mol. The minimum atomic E-state index is -0.539. The number of nitrogens with zero attached hydrogens (tertiary/aromatic N) is 3. The van der Waals surface area contributed by atoms with Crippen molar-refractivity contribution in [1.82, 2.24) is 9.97 Å². The quantitative estimate of drug-likeness (QED) is 0.652. The molecule has 7 nitrogen and oxygen atoms in total. The van der Waals surface area contributed by atoms with Crippen molar-refractivity contribution in [3.05, 3.63) is 38.3 Å². The number of ether oxygens (including phenoxy) is 1. The zero-order valence-electron chi connectivity index (χ0n) is 12.0. The summed E-state index contributed by atoms with van der Waals surface area (Å²) in [5.74, 6) is 0.129. The van der Waals surface area contributed by atoms with Crippen LogP contribution in [0.3, 0.4) is 0 Å². The molecule has 2 aromatic rings. The summed E-state index contributed by atoms with van der Waals surface area (Å²) >= 11 is 1.71. The van der Waals surface area contributed by atoms with E-state index in [2.05, 4.69) is 27.4 Å². The smallest absolute Gasteiger partial charge is 0.372 e. The van der Waals surface area contributed by atoms with Crippen LogP contribution in [0.4, 0.5) is 11.5 Å². The second-order valence-corrected chi connectivity index (χ2v) is 5.97. The Balaban J connectivity index is 2.17. The number of rotatable bonds is 6. The van der Waals surface area contributed by atoms with Gasteiger partial charge in [-0.2, -0.15) is 4.98 Å². The van der Waals surface area contributed by atoms with Gasteiger partial charge in [0.25, 0.3) is 5.88 Å². The molecule has 2 aromatic heterocycles. The number of aryl methyl sites for hydroxylation is 1. The number of aromatic nitrogens is 2. The largest absolute Gasteiger partial charge is 0.476 e. The Morgan fingerprint density at radius 2 is 2.24 bits per heavy atom. The Labute approximate surface area is 126 Å². The molecule has 21 heavy (non-hydrogen) atoms. The highest BCUT2D eigenvalue weighted by molar-refractivity contribution is 7.11. The zero-order chi connectivity index (χ0) is 15.4. The van der Waals surface area contributed by atoms with Gasteiger partial charge in [0.2, 0.25) is 5.82 Å². The van der Waals surface area contributed by atoms with Gasteiger partial charge < -0.3 is 10.1 Å².